The fourth-order valence-corrected chi connectivity index (χ4v) is 3.79. The smallest absolute Gasteiger partial charge is 0.0247 e. The molecule has 1 aliphatic heterocycles. The van der Waals surface area contributed by atoms with Gasteiger partial charge in [-0.3, -0.25) is 0 Å². The number of rotatable bonds is 5. The van der Waals surface area contributed by atoms with E-state index in [0.717, 1.165) is 11.8 Å². The van der Waals surface area contributed by atoms with Crippen LogP contribution < -0.4 is 5.73 Å². The average Bonchev–Trinajstić information content (AvgIpc) is 2.89. The van der Waals surface area contributed by atoms with Gasteiger partial charge in [-0.25, -0.2) is 0 Å². The predicted molar refractivity (Wildman–Crippen MR) is 82.2 cm³/mol. The summed E-state index contributed by atoms with van der Waals surface area (Å²) >= 11 is 0. The lowest BCUT2D eigenvalue weighted by atomic mass is 9.77. The van der Waals surface area contributed by atoms with Crippen LogP contribution in [0.5, 0.6) is 0 Å². The quantitative estimate of drug-likeness (QED) is 0.828. The van der Waals surface area contributed by atoms with Gasteiger partial charge in [0.05, 0.1) is 0 Å². The summed E-state index contributed by atoms with van der Waals surface area (Å²) in [6, 6.07) is 0.988. The number of nitrogens with zero attached hydrogens (tertiary/aromatic N) is 2. The first-order valence-electron chi connectivity index (χ1n) is 8.26. The van der Waals surface area contributed by atoms with Crippen molar-refractivity contribution in [3.63, 3.8) is 0 Å². The van der Waals surface area contributed by atoms with Crippen LogP contribution in [0.2, 0.25) is 0 Å². The number of nitrogens with two attached hydrogens (primary N) is 1. The molecule has 3 atom stereocenters. The molecule has 0 bridgehead atoms. The first kappa shape index (κ1) is 15.3. The SMILES string of the molecule is CC(C)C1CCC(N)C(N(C)CCN2CCCC2)C1. The lowest BCUT2D eigenvalue weighted by Crippen LogP contribution is -2.51. The Morgan fingerprint density at radius 1 is 1.21 bits per heavy atom. The number of hydrogen-bond acceptors (Lipinski definition) is 3. The minimum Gasteiger partial charge on any atom is -0.326 e. The van der Waals surface area contributed by atoms with Crippen molar-refractivity contribution < 1.29 is 0 Å². The fourth-order valence-electron chi connectivity index (χ4n) is 3.79. The minimum absolute atomic E-state index is 0.388. The monoisotopic (exact) mass is 267 g/mol. The molecular formula is C16H33N3. The van der Waals surface area contributed by atoms with Gasteiger partial charge in [0.2, 0.25) is 0 Å². The molecule has 1 heterocycles. The van der Waals surface area contributed by atoms with Gasteiger partial charge in [-0.2, -0.15) is 0 Å². The highest BCUT2D eigenvalue weighted by Gasteiger charge is 2.32. The summed E-state index contributed by atoms with van der Waals surface area (Å²) in [5.41, 5.74) is 6.37. The number of hydrogen-bond donors (Lipinski definition) is 1. The summed E-state index contributed by atoms with van der Waals surface area (Å²) in [5.74, 6) is 1.68. The Morgan fingerprint density at radius 3 is 2.53 bits per heavy atom. The predicted octanol–water partition coefficient (Wildman–Crippen LogP) is 2.17. The second-order valence-electron chi connectivity index (χ2n) is 7.08. The van der Waals surface area contributed by atoms with E-state index in [1.54, 1.807) is 0 Å². The molecule has 3 nitrogen and oxygen atoms in total. The van der Waals surface area contributed by atoms with Gasteiger partial charge in [0.25, 0.3) is 0 Å². The largest absolute Gasteiger partial charge is 0.326 e. The molecule has 0 aromatic heterocycles. The molecule has 2 N–H and O–H groups in total. The van der Waals surface area contributed by atoms with Crippen molar-refractivity contribution in [3.05, 3.63) is 0 Å². The molecule has 112 valence electrons. The molecule has 0 amide bonds. The zero-order valence-corrected chi connectivity index (χ0v) is 13.1. The molecule has 2 rings (SSSR count). The van der Waals surface area contributed by atoms with Crippen molar-refractivity contribution in [2.75, 3.05) is 33.2 Å². The van der Waals surface area contributed by atoms with E-state index in [9.17, 15) is 0 Å². The van der Waals surface area contributed by atoms with Crippen LogP contribution >= 0.6 is 0 Å². The summed E-state index contributed by atoms with van der Waals surface area (Å²) < 4.78 is 0. The van der Waals surface area contributed by atoms with Crippen molar-refractivity contribution in [2.24, 2.45) is 17.6 Å². The van der Waals surface area contributed by atoms with E-state index in [2.05, 4.69) is 30.7 Å². The lowest BCUT2D eigenvalue weighted by molar-refractivity contribution is 0.109. The zero-order chi connectivity index (χ0) is 13.8. The molecule has 2 aliphatic rings. The second kappa shape index (κ2) is 7.05. The highest BCUT2D eigenvalue weighted by Crippen LogP contribution is 2.31. The molecule has 2 fully saturated rings. The highest BCUT2D eigenvalue weighted by atomic mass is 15.2. The Labute approximate surface area is 119 Å². The molecule has 0 aromatic rings. The highest BCUT2D eigenvalue weighted by molar-refractivity contribution is 4.89. The zero-order valence-electron chi connectivity index (χ0n) is 13.1. The topological polar surface area (TPSA) is 32.5 Å². The van der Waals surface area contributed by atoms with E-state index in [0.29, 0.717) is 12.1 Å². The van der Waals surface area contributed by atoms with Crippen LogP contribution in [0.3, 0.4) is 0 Å². The molecule has 1 saturated heterocycles. The second-order valence-corrected chi connectivity index (χ2v) is 7.08. The van der Waals surface area contributed by atoms with Crippen LogP contribution in [-0.2, 0) is 0 Å². The molecule has 0 spiro atoms. The summed E-state index contributed by atoms with van der Waals surface area (Å²) in [5, 5.41) is 0. The molecule has 0 aromatic carbocycles. The van der Waals surface area contributed by atoms with Crippen molar-refractivity contribution in [1.29, 1.82) is 0 Å². The van der Waals surface area contributed by atoms with E-state index < -0.39 is 0 Å². The van der Waals surface area contributed by atoms with Crippen molar-refractivity contribution in [3.8, 4) is 0 Å². The first-order valence-corrected chi connectivity index (χ1v) is 8.26. The molecule has 1 saturated carbocycles. The van der Waals surface area contributed by atoms with E-state index in [-0.39, 0.29) is 0 Å². The fraction of sp³-hybridized carbons (Fsp3) is 1.00. The Morgan fingerprint density at radius 2 is 1.89 bits per heavy atom. The Balaban J connectivity index is 1.79. The van der Waals surface area contributed by atoms with Crippen LogP contribution in [0.1, 0.15) is 46.0 Å². The Bertz CT molecular complexity index is 261. The van der Waals surface area contributed by atoms with Gasteiger partial charge in [0, 0.05) is 25.2 Å². The van der Waals surface area contributed by atoms with E-state index in [1.165, 1.54) is 58.3 Å². The van der Waals surface area contributed by atoms with Crippen LogP contribution in [0, 0.1) is 11.8 Å². The van der Waals surface area contributed by atoms with Gasteiger partial charge in [-0.05, 0) is 64.1 Å². The van der Waals surface area contributed by atoms with Crippen LogP contribution in [-0.4, -0.2) is 55.1 Å². The maximum absolute atomic E-state index is 6.37. The van der Waals surface area contributed by atoms with Gasteiger partial charge < -0.3 is 15.5 Å². The number of likely N-dealkylation sites (N-methyl/N-ethyl adjacent to an activating group) is 1. The minimum atomic E-state index is 0.388. The standard InChI is InChI=1S/C16H33N3/c1-13(2)14-6-7-15(17)16(12-14)18(3)10-11-19-8-4-5-9-19/h13-16H,4-12,17H2,1-3H3. The third kappa shape index (κ3) is 4.17. The number of likely N-dealkylation sites (tertiary alicyclic amines) is 1. The van der Waals surface area contributed by atoms with Gasteiger partial charge in [-0.15, -0.1) is 0 Å². The molecule has 0 radical (unpaired) electrons. The summed E-state index contributed by atoms with van der Waals surface area (Å²) in [6.07, 6.45) is 6.62. The Hall–Kier alpha value is -0.120. The average molecular weight is 267 g/mol. The summed E-state index contributed by atoms with van der Waals surface area (Å²) in [7, 11) is 2.28. The van der Waals surface area contributed by atoms with E-state index in [4.69, 9.17) is 5.73 Å². The van der Waals surface area contributed by atoms with Crippen molar-refractivity contribution in [1.82, 2.24) is 9.80 Å². The summed E-state index contributed by atoms with van der Waals surface area (Å²) in [6.45, 7) is 9.75. The maximum atomic E-state index is 6.37. The normalized spacial score (nSPS) is 33.5. The Kier molecular flexibility index (Phi) is 5.67. The maximum Gasteiger partial charge on any atom is 0.0247 e. The van der Waals surface area contributed by atoms with Crippen LogP contribution in [0.4, 0.5) is 0 Å². The molecular weight excluding hydrogens is 234 g/mol. The lowest BCUT2D eigenvalue weighted by Gasteiger charge is -2.41. The van der Waals surface area contributed by atoms with Crippen LogP contribution in [0.25, 0.3) is 0 Å². The van der Waals surface area contributed by atoms with Gasteiger partial charge in [0.1, 0.15) is 0 Å². The van der Waals surface area contributed by atoms with Gasteiger partial charge in [0.15, 0.2) is 0 Å². The molecule has 3 unspecified atom stereocenters. The third-order valence-electron chi connectivity index (χ3n) is 5.39. The van der Waals surface area contributed by atoms with E-state index >= 15 is 0 Å². The molecule has 3 heteroatoms. The first-order chi connectivity index (χ1) is 9.08. The molecule has 19 heavy (non-hydrogen) atoms. The van der Waals surface area contributed by atoms with Crippen molar-refractivity contribution >= 4 is 0 Å². The summed E-state index contributed by atoms with van der Waals surface area (Å²) in [4.78, 5) is 5.14. The van der Waals surface area contributed by atoms with Gasteiger partial charge in [-0.1, -0.05) is 13.8 Å². The van der Waals surface area contributed by atoms with Crippen molar-refractivity contribution in [2.45, 2.75) is 58.0 Å². The molecule has 1 aliphatic carbocycles. The van der Waals surface area contributed by atoms with Crippen LogP contribution in [0.15, 0.2) is 0 Å². The van der Waals surface area contributed by atoms with Gasteiger partial charge >= 0.3 is 0 Å². The van der Waals surface area contributed by atoms with E-state index in [1.807, 2.05) is 0 Å². The third-order valence-corrected chi connectivity index (χ3v) is 5.39.